The van der Waals surface area contributed by atoms with Gasteiger partial charge in [-0.2, -0.15) is 5.26 Å². The van der Waals surface area contributed by atoms with Gasteiger partial charge in [0.15, 0.2) is 0 Å². The van der Waals surface area contributed by atoms with E-state index in [4.69, 9.17) is 14.8 Å². The summed E-state index contributed by atoms with van der Waals surface area (Å²) in [6.07, 6.45) is 1.21. The van der Waals surface area contributed by atoms with E-state index in [1.807, 2.05) is 18.2 Å². The number of carboxylic acids is 1. The number of carbonyl (C=O) groups is 1. The lowest BCUT2D eigenvalue weighted by atomic mass is 10.2. The van der Waals surface area contributed by atoms with E-state index in [0.717, 1.165) is 5.39 Å². The molecule has 2 aromatic rings. The van der Waals surface area contributed by atoms with Crippen LogP contribution in [-0.2, 0) is 4.79 Å². The average Bonchev–Trinajstić information content (AvgIpc) is 2.67. The molecule has 1 aromatic heterocycles. The lowest BCUT2D eigenvalue weighted by Gasteiger charge is -1.87. The Labute approximate surface area is 91.0 Å². The minimum Gasteiger partial charge on any atom is -0.477 e. The molecule has 0 atom stereocenters. The first kappa shape index (κ1) is 9.99. The Balaban J connectivity index is 2.49. The van der Waals surface area contributed by atoms with Crippen LogP contribution in [0.15, 0.2) is 40.3 Å². The van der Waals surface area contributed by atoms with E-state index in [1.54, 1.807) is 18.2 Å². The van der Waals surface area contributed by atoms with E-state index < -0.39 is 5.97 Å². The topological polar surface area (TPSA) is 74.2 Å². The van der Waals surface area contributed by atoms with E-state index in [-0.39, 0.29) is 5.57 Å². The van der Waals surface area contributed by atoms with Crippen LogP contribution in [0.3, 0.4) is 0 Å². The third-order valence-corrected chi connectivity index (χ3v) is 2.08. The number of furan rings is 1. The molecule has 0 radical (unpaired) electrons. The Morgan fingerprint density at radius 1 is 1.44 bits per heavy atom. The Kier molecular flexibility index (Phi) is 2.44. The summed E-state index contributed by atoms with van der Waals surface area (Å²) in [5.74, 6) is -0.900. The monoisotopic (exact) mass is 213 g/mol. The number of hydrogen-bond acceptors (Lipinski definition) is 3. The highest BCUT2D eigenvalue weighted by Crippen LogP contribution is 2.20. The van der Waals surface area contributed by atoms with Crippen molar-refractivity contribution in [2.45, 2.75) is 0 Å². The van der Waals surface area contributed by atoms with E-state index in [0.29, 0.717) is 11.3 Å². The summed E-state index contributed by atoms with van der Waals surface area (Å²) in [6.45, 7) is 0. The van der Waals surface area contributed by atoms with Gasteiger partial charge in [0.05, 0.1) is 0 Å². The third kappa shape index (κ3) is 1.79. The second-order valence-corrected chi connectivity index (χ2v) is 3.16. The molecule has 1 heterocycles. The first-order valence-electron chi connectivity index (χ1n) is 4.54. The Bertz CT molecular complexity index is 583. The summed E-state index contributed by atoms with van der Waals surface area (Å²) in [5, 5.41) is 18.1. The van der Waals surface area contributed by atoms with Gasteiger partial charge in [0, 0.05) is 11.5 Å². The Morgan fingerprint density at radius 3 is 2.81 bits per heavy atom. The van der Waals surface area contributed by atoms with Crippen molar-refractivity contribution in [3.05, 3.63) is 41.7 Å². The minimum absolute atomic E-state index is 0.348. The Morgan fingerprint density at radius 2 is 2.19 bits per heavy atom. The van der Waals surface area contributed by atoms with E-state index in [9.17, 15) is 4.79 Å². The van der Waals surface area contributed by atoms with Crippen LogP contribution in [0, 0.1) is 11.3 Å². The number of aliphatic carboxylic acids is 1. The first-order valence-corrected chi connectivity index (χ1v) is 4.54. The van der Waals surface area contributed by atoms with Crippen molar-refractivity contribution in [1.82, 2.24) is 0 Å². The second kappa shape index (κ2) is 3.91. The van der Waals surface area contributed by atoms with Crippen molar-refractivity contribution in [3.63, 3.8) is 0 Å². The van der Waals surface area contributed by atoms with Gasteiger partial charge < -0.3 is 9.52 Å². The smallest absolute Gasteiger partial charge is 0.346 e. The maximum Gasteiger partial charge on any atom is 0.346 e. The van der Waals surface area contributed by atoms with Crippen LogP contribution in [-0.4, -0.2) is 11.1 Å². The van der Waals surface area contributed by atoms with Crippen molar-refractivity contribution in [3.8, 4) is 6.07 Å². The zero-order chi connectivity index (χ0) is 11.5. The van der Waals surface area contributed by atoms with Crippen LogP contribution >= 0.6 is 0 Å². The summed E-state index contributed by atoms with van der Waals surface area (Å²) >= 11 is 0. The van der Waals surface area contributed by atoms with Crippen molar-refractivity contribution in [2.75, 3.05) is 0 Å². The number of benzene rings is 1. The molecule has 0 aliphatic heterocycles. The van der Waals surface area contributed by atoms with Crippen molar-refractivity contribution >= 4 is 23.0 Å². The lowest BCUT2D eigenvalue weighted by Crippen LogP contribution is -1.96. The zero-order valence-corrected chi connectivity index (χ0v) is 8.18. The van der Waals surface area contributed by atoms with Crippen molar-refractivity contribution in [2.24, 2.45) is 0 Å². The number of para-hydroxylation sites is 1. The molecule has 1 N–H and O–H groups in total. The van der Waals surface area contributed by atoms with Crippen LogP contribution in [0.2, 0.25) is 0 Å². The van der Waals surface area contributed by atoms with Gasteiger partial charge in [0.2, 0.25) is 0 Å². The standard InChI is InChI=1S/C12H7NO3/c13-7-9(12(14)15)6-10-5-8-3-1-2-4-11(8)16-10/h1-6H,(H,14,15)/b9-6+. The van der Waals surface area contributed by atoms with E-state index >= 15 is 0 Å². The molecule has 0 bridgehead atoms. The van der Waals surface area contributed by atoms with Crippen LogP contribution in [0.5, 0.6) is 0 Å². The minimum atomic E-state index is -1.26. The highest BCUT2D eigenvalue weighted by Gasteiger charge is 2.08. The normalized spacial score (nSPS) is 11.3. The molecule has 1 aromatic carbocycles. The zero-order valence-electron chi connectivity index (χ0n) is 8.18. The lowest BCUT2D eigenvalue weighted by molar-refractivity contribution is -0.132. The molecule has 4 heteroatoms. The quantitative estimate of drug-likeness (QED) is 0.614. The highest BCUT2D eigenvalue weighted by atomic mass is 16.4. The molecular formula is C12H7NO3. The summed E-state index contributed by atoms with van der Waals surface area (Å²) < 4.78 is 5.36. The molecule has 0 amide bonds. The van der Waals surface area contributed by atoms with Crippen molar-refractivity contribution in [1.29, 1.82) is 5.26 Å². The first-order chi connectivity index (χ1) is 7.70. The predicted molar refractivity (Wildman–Crippen MR) is 57.4 cm³/mol. The van der Waals surface area contributed by atoms with Crippen LogP contribution in [0.25, 0.3) is 17.0 Å². The summed E-state index contributed by atoms with van der Waals surface area (Å²) in [4.78, 5) is 10.6. The van der Waals surface area contributed by atoms with Gasteiger partial charge in [0.1, 0.15) is 23.0 Å². The fourth-order valence-corrected chi connectivity index (χ4v) is 1.36. The van der Waals surface area contributed by atoms with Gasteiger partial charge >= 0.3 is 5.97 Å². The van der Waals surface area contributed by atoms with Gasteiger partial charge in [-0.25, -0.2) is 4.79 Å². The highest BCUT2D eigenvalue weighted by molar-refractivity contribution is 5.96. The number of carboxylic acid groups (broad SMARTS) is 1. The second-order valence-electron chi connectivity index (χ2n) is 3.16. The number of fused-ring (bicyclic) bond motifs is 1. The molecule has 16 heavy (non-hydrogen) atoms. The summed E-state index contributed by atoms with van der Waals surface area (Å²) in [5.41, 5.74) is 0.315. The molecule has 0 unspecified atom stereocenters. The third-order valence-electron chi connectivity index (χ3n) is 2.08. The van der Waals surface area contributed by atoms with Gasteiger partial charge in [-0.15, -0.1) is 0 Å². The fraction of sp³-hybridized carbons (Fsp3) is 0. The van der Waals surface area contributed by atoms with Crippen LogP contribution in [0.4, 0.5) is 0 Å². The molecule has 0 saturated heterocycles. The SMILES string of the molecule is N#C/C(=C\c1cc2ccccc2o1)C(=O)O. The molecule has 2 rings (SSSR count). The van der Waals surface area contributed by atoms with Crippen molar-refractivity contribution < 1.29 is 14.3 Å². The maximum absolute atomic E-state index is 10.6. The largest absolute Gasteiger partial charge is 0.477 e. The van der Waals surface area contributed by atoms with Gasteiger partial charge in [-0.3, -0.25) is 0 Å². The van der Waals surface area contributed by atoms with Gasteiger partial charge in [-0.05, 0) is 12.1 Å². The Hall–Kier alpha value is -2.54. The van der Waals surface area contributed by atoms with Crippen LogP contribution in [0.1, 0.15) is 5.76 Å². The molecular weight excluding hydrogens is 206 g/mol. The number of nitrogens with zero attached hydrogens (tertiary/aromatic N) is 1. The van der Waals surface area contributed by atoms with E-state index in [2.05, 4.69) is 0 Å². The molecule has 0 spiro atoms. The number of rotatable bonds is 2. The number of nitriles is 1. The van der Waals surface area contributed by atoms with Gasteiger partial charge in [-0.1, -0.05) is 18.2 Å². The average molecular weight is 213 g/mol. The molecule has 0 aliphatic carbocycles. The number of hydrogen-bond donors (Lipinski definition) is 1. The predicted octanol–water partition coefficient (Wildman–Crippen LogP) is 2.42. The van der Waals surface area contributed by atoms with E-state index in [1.165, 1.54) is 6.08 Å². The van der Waals surface area contributed by atoms with Gasteiger partial charge in [0.25, 0.3) is 0 Å². The summed E-state index contributed by atoms with van der Waals surface area (Å²) in [7, 11) is 0. The molecule has 4 nitrogen and oxygen atoms in total. The molecule has 78 valence electrons. The molecule has 0 fully saturated rings. The maximum atomic E-state index is 10.6. The molecule has 0 saturated carbocycles. The molecule has 0 aliphatic rings. The van der Waals surface area contributed by atoms with Crippen LogP contribution < -0.4 is 0 Å². The fourth-order valence-electron chi connectivity index (χ4n) is 1.36. The summed E-state index contributed by atoms with van der Waals surface area (Å²) in [6, 6.07) is 10.6.